The molecule has 0 saturated carbocycles. The van der Waals surface area contributed by atoms with E-state index in [4.69, 9.17) is 11.6 Å². The van der Waals surface area contributed by atoms with Gasteiger partial charge in [-0.25, -0.2) is 0 Å². The van der Waals surface area contributed by atoms with E-state index >= 15 is 0 Å². The topological polar surface area (TPSA) is 0 Å². The lowest BCUT2D eigenvalue weighted by Crippen LogP contribution is -1.67. The van der Waals surface area contributed by atoms with Crippen molar-refractivity contribution in [2.45, 2.75) is 13.8 Å². The SMILES string of the molecule is C=C(C)C.C=Cc1ccc(Cl)cc1. The Labute approximate surface area is 85.6 Å². The number of rotatable bonds is 1. The Morgan fingerprint density at radius 2 is 1.62 bits per heavy atom. The van der Waals surface area contributed by atoms with Gasteiger partial charge >= 0.3 is 0 Å². The van der Waals surface area contributed by atoms with Crippen LogP contribution in [-0.2, 0) is 0 Å². The number of hydrogen-bond donors (Lipinski definition) is 0. The highest BCUT2D eigenvalue weighted by molar-refractivity contribution is 6.30. The highest BCUT2D eigenvalue weighted by Crippen LogP contribution is 2.09. The molecule has 0 fully saturated rings. The molecule has 0 atom stereocenters. The Balaban J connectivity index is 0.000000310. The third kappa shape index (κ3) is 7.35. The van der Waals surface area contributed by atoms with Gasteiger partial charge < -0.3 is 0 Å². The van der Waals surface area contributed by atoms with Gasteiger partial charge in [-0.1, -0.05) is 42.0 Å². The molecule has 0 heterocycles. The van der Waals surface area contributed by atoms with Crippen LogP contribution in [0, 0.1) is 0 Å². The molecule has 0 aliphatic rings. The summed E-state index contributed by atoms with van der Waals surface area (Å²) in [6.07, 6.45) is 1.79. The molecule has 1 heteroatoms. The van der Waals surface area contributed by atoms with E-state index in [1.165, 1.54) is 5.57 Å². The van der Waals surface area contributed by atoms with Crippen molar-refractivity contribution in [3.05, 3.63) is 53.6 Å². The average Bonchev–Trinajstić information content (AvgIpc) is 2.05. The lowest BCUT2D eigenvalue weighted by Gasteiger charge is -1.89. The van der Waals surface area contributed by atoms with E-state index in [0.717, 1.165) is 10.6 Å². The molecule has 70 valence electrons. The van der Waals surface area contributed by atoms with Gasteiger partial charge in [-0.05, 0) is 31.5 Å². The zero-order valence-corrected chi connectivity index (χ0v) is 8.93. The summed E-state index contributed by atoms with van der Waals surface area (Å²) in [5.41, 5.74) is 2.26. The van der Waals surface area contributed by atoms with Crippen molar-refractivity contribution >= 4 is 17.7 Å². The van der Waals surface area contributed by atoms with Crippen LogP contribution in [0.1, 0.15) is 19.4 Å². The van der Waals surface area contributed by atoms with Crippen molar-refractivity contribution in [1.82, 2.24) is 0 Å². The second-order valence-corrected chi connectivity index (χ2v) is 3.40. The van der Waals surface area contributed by atoms with Gasteiger partial charge in [0.15, 0.2) is 0 Å². The van der Waals surface area contributed by atoms with Crippen LogP contribution in [0.15, 0.2) is 43.0 Å². The van der Waals surface area contributed by atoms with E-state index in [1.807, 2.05) is 38.1 Å². The molecule has 0 unspecified atom stereocenters. The highest BCUT2D eigenvalue weighted by Gasteiger charge is 1.84. The first-order valence-electron chi connectivity index (χ1n) is 4.06. The molecule has 1 aromatic rings. The number of hydrogen-bond acceptors (Lipinski definition) is 0. The van der Waals surface area contributed by atoms with Crippen LogP contribution in [0.5, 0.6) is 0 Å². The first kappa shape index (κ1) is 12.0. The summed E-state index contributed by atoms with van der Waals surface area (Å²) in [6.45, 7) is 11.1. The minimum atomic E-state index is 0.764. The van der Waals surface area contributed by atoms with Gasteiger partial charge in [-0.15, -0.1) is 6.58 Å². The summed E-state index contributed by atoms with van der Waals surface area (Å²) in [5, 5.41) is 0.764. The van der Waals surface area contributed by atoms with Crippen LogP contribution in [0.2, 0.25) is 5.02 Å². The molecule has 1 aromatic carbocycles. The summed E-state index contributed by atoms with van der Waals surface area (Å²) < 4.78 is 0. The molecule has 13 heavy (non-hydrogen) atoms. The van der Waals surface area contributed by atoms with Crippen LogP contribution in [0.25, 0.3) is 6.08 Å². The van der Waals surface area contributed by atoms with Crippen molar-refractivity contribution < 1.29 is 0 Å². The Bertz CT molecular complexity index is 266. The molecule has 0 aliphatic carbocycles. The lowest BCUT2D eigenvalue weighted by atomic mass is 10.2. The van der Waals surface area contributed by atoms with Gasteiger partial charge in [-0.3, -0.25) is 0 Å². The maximum absolute atomic E-state index is 5.63. The van der Waals surface area contributed by atoms with E-state index in [1.54, 1.807) is 6.08 Å². The lowest BCUT2D eigenvalue weighted by molar-refractivity contribution is 1.42. The molecular formula is C12H15Cl. The van der Waals surface area contributed by atoms with Gasteiger partial charge in [0.1, 0.15) is 0 Å². The average molecular weight is 195 g/mol. The molecule has 0 aliphatic heterocycles. The molecule has 0 saturated heterocycles. The minimum absolute atomic E-state index is 0.764. The number of allylic oxidation sites excluding steroid dienone is 1. The monoisotopic (exact) mass is 194 g/mol. The third-order valence-electron chi connectivity index (χ3n) is 1.11. The fourth-order valence-electron chi connectivity index (χ4n) is 0.599. The molecule has 0 bridgehead atoms. The number of benzene rings is 1. The Morgan fingerprint density at radius 1 is 1.23 bits per heavy atom. The standard InChI is InChI=1S/C8H7Cl.C4H8/c1-2-7-3-5-8(9)6-4-7;1-4(2)3/h2-6H,1H2;1H2,2-3H3. The summed E-state index contributed by atoms with van der Waals surface area (Å²) >= 11 is 5.63. The molecule has 0 nitrogen and oxygen atoms in total. The molecular weight excluding hydrogens is 180 g/mol. The van der Waals surface area contributed by atoms with Gasteiger partial charge in [0.2, 0.25) is 0 Å². The maximum atomic E-state index is 5.63. The molecule has 0 aromatic heterocycles. The Hall–Kier alpha value is -1.01. The van der Waals surface area contributed by atoms with Gasteiger partial charge in [0, 0.05) is 5.02 Å². The van der Waals surface area contributed by atoms with Gasteiger partial charge in [-0.2, -0.15) is 0 Å². The van der Waals surface area contributed by atoms with E-state index < -0.39 is 0 Å². The first-order valence-corrected chi connectivity index (χ1v) is 4.44. The van der Waals surface area contributed by atoms with E-state index in [9.17, 15) is 0 Å². The first-order chi connectivity index (χ1) is 6.06. The Morgan fingerprint density at radius 3 is 1.92 bits per heavy atom. The van der Waals surface area contributed by atoms with Crippen LogP contribution in [0.4, 0.5) is 0 Å². The smallest absolute Gasteiger partial charge is 0.0406 e. The normalized spacial score (nSPS) is 8.23. The van der Waals surface area contributed by atoms with Crippen LogP contribution >= 0.6 is 11.6 Å². The maximum Gasteiger partial charge on any atom is 0.0406 e. The minimum Gasteiger partial charge on any atom is -0.100 e. The van der Waals surface area contributed by atoms with Crippen molar-refractivity contribution in [2.75, 3.05) is 0 Å². The summed E-state index contributed by atoms with van der Waals surface area (Å²) in [4.78, 5) is 0. The molecule has 0 amide bonds. The quantitative estimate of drug-likeness (QED) is 0.575. The van der Waals surface area contributed by atoms with Crippen molar-refractivity contribution in [3.8, 4) is 0 Å². The van der Waals surface area contributed by atoms with E-state index in [0.29, 0.717) is 0 Å². The summed E-state index contributed by atoms with van der Waals surface area (Å²) in [5.74, 6) is 0. The predicted octanol–water partition coefficient (Wildman–Crippen LogP) is 4.57. The second-order valence-electron chi connectivity index (χ2n) is 2.96. The van der Waals surface area contributed by atoms with Crippen molar-refractivity contribution in [2.24, 2.45) is 0 Å². The summed E-state index contributed by atoms with van der Waals surface area (Å²) in [6, 6.07) is 7.54. The van der Waals surface area contributed by atoms with E-state index in [2.05, 4.69) is 13.2 Å². The molecule has 0 spiro atoms. The van der Waals surface area contributed by atoms with Crippen molar-refractivity contribution in [1.29, 1.82) is 0 Å². The van der Waals surface area contributed by atoms with Crippen LogP contribution in [0.3, 0.4) is 0 Å². The predicted molar refractivity (Wildman–Crippen MR) is 62.0 cm³/mol. The summed E-state index contributed by atoms with van der Waals surface area (Å²) in [7, 11) is 0. The van der Waals surface area contributed by atoms with Crippen LogP contribution < -0.4 is 0 Å². The van der Waals surface area contributed by atoms with E-state index in [-0.39, 0.29) is 0 Å². The zero-order valence-electron chi connectivity index (χ0n) is 8.18. The fourth-order valence-corrected chi connectivity index (χ4v) is 0.725. The zero-order chi connectivity index (χ0) is 10.3. The largest absolute Gasteiger partial charge is 0.100 e. The second kappa shape index (κ2) is 6.50. The van der Waals surface area contributed by atoms with Crippen molar-refractivity contribution in [3.63, 3.8) is 0 Å². The highest BCUT2D eigenvalue weighted by atomic mass is 35.5. The fraction of sp³-hybridized carbons (Fsp3) is 0.167. The third-order valence-corrected chi connectivity index (χ3v) is 1.36. The molecule has 0 radical (unpaired) electrons. The van der Waals surface area contributed by atoms with Crippen LogP contribution in [-0.4, -0.2) is 0 Å². The Kier molecular flexibility index (Phi) is 5.99. The number of halogens is 1. The van der Waals surface area contributed by atoms with Gasteiger partial charge in [0.25, 0.3) is 0 Å². The van der Waals surface area contributed by atoms with Gasteiger partial charge in [0.05, 0.1) is 0 Å². The molecule has 0 N–H and O–H groups in total. The molecule has 1 rings (SSSR count).